The Hall–Kier alpha value is -2.17. The summed E-state index contributed by atoms with van der Waals surface area (Å²) in [6.45, 7) is 0. The van der Waals surface area contributed by atoms with E-state index in [1.807, 2.05) is 66.7 Å². The van der Waals surface area contributed by atoms with Crippen molar-refractivity contribution in [2.45, 2.75) is 0 Å². The zero-order chi connectivity index (χ0) is 15.1. The van der Waals surface area contributed by atoms with E-state index in [4.69, 9.17) is 29.6 Å². The second kappa shape index (κ2) is 7.57. The van der Waals surface area contributed by atoms with E-state index in [0.717, 1.165) is 16.8 Å². The predicted molar refractivity (Wildman–Crippen MR) is 93.4 cm³/mol. The Labute approximate surface area is 134 Å². The maximum Gasteiger partial charge on any atom is 0.184 e. The summed E-state index contributed by atoms with van der Waals surface area (Å²) in [5.74, 6) is 0. The second-order valence-corrected chi connectivity index (χ2v) is 5.10. The first-order valence-electron chi connectivity index (χ1n) is 6.27. The quantitative estimate of drug-likeness (QED) is 0.515. The largest absolute Gasteiger partial charge is 0.375 e. The molecule has 0 spiro atoms. The van der Waals surface area contributed by atoms with Crippen molar-refractivity contribution in [1.82, 2.24) is 5.43 Å². The smallest absolute Gasteiger partial charge is 0.184 e. The minimum Gasteiger partial charge on any atom is -0.375 e. The van der Waals surface area contributed by atoms with Crippen molar-refractivity contribution >= 4 is 40.7 Å². The average molecular weight is 316 g/mol. The minimum atomic E-state index is 0.128. The van der Waals surface area contributed by atoms with Gasteiger partial charge in [-0.1, -0.05) is 60.1 Å². The molecule has 2 aromatic rings. The number of thiocarbonyl (C=S) groups is 1. The lowest BCUT2D eigenvalue weighted by atomic mass is 10.1. The van der Waals surface area contributed by atoms with Crippen LogP contribution in [0.2, 0.25) is 5.02 Å². The highest BCUT2D eigenvalue weighted by Gasteiger charge is 1.99. The molecule has 106 valence electrons. The van der Waals surface area contributed by atoms with Gasteiger partial charge >= 0.3 is 0 Å². The number of nitrogens with zero attached hydrogens (tertiary/aromatic N) is 1. The number of nitrogens with two attached hydrogens (primary N) is 1. The van der Waals surface area contributed by atoms with E-state index in [9.17, 15) is 0 Å². The number of hydrazone groups is 1. The highest BCUT2D eigenvalue weighted by molar-refractivity contribution is 7.80. The SMILES string of the molecule is NC(=S)N/N=C(/C=C/c1ccc(Cl)cc1)c1ccccc1. The van der Waals surface area contributed by atoms with Gasteiger partial charge in [-0.2, -0.15) is 5.10 Å². The van der Waals surface area contributed by atoms with E-state index in [2.05, 4.69) is 10.5 Å². The Balaban J connectivity index is 2.26. The van der Waals surface area contributed by atoms with Gasteiger partial charge in [-0.05, 0) is 36.0 Å². The zero-order valence-corrected chi connectivity index (χ0v) is 12.7. The number of allylic oxidation sites excluding steroid dienone is 1. The third kappa shape index (κ3) is 5.02. The van der Waals surface area contributed by atoms with Crippen LogP contribution in [0.25, 0.3) is 6.08 Å². The molecule has 0 unspecified atom stereocenters. The van der Waals surface area contributed by atoms with Crippen molar-refractivity contribution in [3.8, 4) is 0 Å². The monoisotopic (exact) mass is 315 g/mol. The molecule has 0 aliphatic rings. The van der Waals surface area contributed by atoms with Gasteiger partial charge in [-0.3, -0.25) is 5.43 Å². The fourth-order valence-electron chi connectivity index (χ4n) is 1.67. The van der Waals surface area contributed by atoms with Crippen molar-refractivity contribution in [2.75, 3.05) is 0 Å². The Morgan fingerprint density at radius 2 is 1.76 bits per heavy atom. The molecule has 0 bridgehead atoms. The molecule has 0 aliphatic carbocycles. The number of halogens is 1. The lowest BCUT2D eigenvalue weighted by Crippen LogP contribution is -2.25. The fraction of sp³-hybridized carbons (Fsp3) is 0. The molecule has 0 amide bonds. The molecule has 5 heteroatoms. The Morgan fingerprint density at radius 1 is 1.10 bits per heavy atom. The molecular formula is C16H14ClN3S. The van der Waals surface area contributed by atoms with E-state index < -0.39 is 0 Å². The van der Waals surface area contributed by atoms with Crippen LogP contribution in [0.5, 0.6) is 0 Å². The van der Waals surface area contributed by atoms with E-state index in [-0.39, 0.29) is 5.11 Å². The molecule has 0 atom stereocenters. The average Bonchev–Trinajstić information content (AvgIpc) is 2.50. The van der Waals surface area contributed by atoms with Crippen molar-refractivity contribution in [3.63, 3.8) is 0 Å². The van der Waals surface area contributed by atoms with E-state index in [1.165, 1.54) is 0 Å². The molecule has 0 radical (unpaired) electrons. The summed E-state index contributed by atoms with van der Waals surface area (Å²) < 4.78 is 0. The Bertz CT molecular complexity index is 664. The van der Waals surface area contributed by atoms with Crippen molar-refractivity contribution < 1.29 is 0 Å². The van der Waals surface area contributed by atoms with E-state index in [1.54, 1.807) is 0 Å². The van der Waals surface area contributed by atoms with Gasteiger partial charge in [0.15, 0.2) is 5.11 Å². The summed E-state index contributed by atoms with van der Waals surface area (Å²) >= 11 is 10.6. The van der Waals surface area contributed by atoms with Gasteiger partial charge in [-0.15, -0.1) is 0 Å². The van der Waals surface area contributed by atoms with E-state index in [0.29, 0.717) is 5.02 Å². The first kappa shape index (κ1) is 15.2. The summed E-state index contributed by atoms with van der Waals surface area (Å²) in [6, 6.07) is 17.3. The minimum absolute atomic E-state index is 0.128. The molecule has 0 saturated heterocycles. The predicted octanol–water partition coefficient (Wildman–Crippen LogP) is 3.59. The van der Waals surface area contributed by atoms with Gasteiger partial charge in [0.1, 0.15) is 0 Å². The van der Waals surface area contributed by atoms with Crippen LogP contribution in [0.1, 0.15) is 11.1 Å². The fourth-order valence-corrected chi connectivity index (χ4v) is 1.84. The first-order valence-corrected chi connectivity index (χ1v) is 7.06. The van der Waals surface area contributed by atoms with Crippen LogP contribution in [-0.2, 0) is 0 Å². The van der Waals surface area contributed by atoms with Gasteiger partial charge in [-0.25, -0.2) is 0 Å². The molecule has 0 fully saturated rings. The van der Waals surface area contributed by atoms with Gasteiger partial charge < -0.3 is 5.73 Å². The lowest BCUT2D eigenvalue weighted by molar-refractivity contribution is 1.03. The molecule has 2 aromatic carbocycles. The van der Waals surface area contributed by atoms with Gasteiger partial charge in [0.05, 0.1) is 5.71 Å². The lowest BCUT2D eigenvalue weighted by Gasteiger charge is -2.03. The molecular weight excluding hydrogens is 302 g/mol. The van der Waals surface area contributed by atoms with Crippen LogP contribution in [0.3, 0.4) is 0 Å². The molecule has 3 nitrogen and oxygen atoms in total. The van der Waals surface area contributed by atoms with Crippen LogP contribution in [0.4, 0.5) is 0 Å². The van der Waals surface area contributed by atoms with Crippen LogP contribution in [0, 0.1) is 0 Å². The van der Waals surface area contributed by atoms with Gasteiger partial charge in [0.2, 0.25) is 0 Å². The highest BCUT2D eigenvalue weighted by atomic mass is 35.5. The third-order valence-electron chi connectivity index (χ3n) is 2.66. The maximum atomic E-state index is 5.87. The number of hydrogen-bond donors (Lipinski definition) is 2. The summed E-state index contributed by atoms with van der Waals surface area (Å²) in [5.41, 5.74) is 10.8. The summed E-state index contributed by atoms with van der Waals surface area (Å²) in [7, 11) is 0. The molecule has 3 N–H and O–H groups in total. The van der Waals surface area contributed by atoms with Gasteiger partial charge in [0, 0.05) is 10.6 Å². The molecule has 2 rings (SSSR count). The summed E-state index contributed by atoms with van der Waals surface area (Å²) in [6.07, 6.45) is 3.84. The number of nitrogens with one attached hydrogen (secondary N) is 1. The molecule has 0 saturated carbocycles. The summed E-state index contributed by atoms with van der Waals surface area (Å²) in [4.78, 5) is 0. The third-order valence-corrected chi connectivity index (χ3v) is 3.00. The second-order valence-electron chi connectivity index (χ2n) is 4.22. The maximum absolute atomic E-state index is 5.87. The van der Waals surface area contributed by atoms with Crippen LogP contribution in [0.15, 0.2) is 65.8 Å². The molecule has 0 heterocycles. The van der Waals surface area contributed by atoms with Gasteiger partial charge in [0.25, 0.3) is 0 Å². The Morgan fingerprint density at radius 3 is 2.38 bits per heavy atom. The first-order chi connectivity index (χ1) is 10.1. The number of benzene rings is 2. The Kier molecular flexibility index (Phi) is 5.49. The molecule has 21 heavy (non-hydrogen) atoms. The van der Waals surface area contributed by atoms with Crippen LogP contribution in [-0.4, -0.2) is 10.8 Å². The molecule has 0 aliphatic heterocycles. The normalized spacial score (nSPS) is 11.6. The standard InChI is InChI=1S/C16H14ClN3S/c17-14-9-6-12(7-10-14)8-11-15(19-20-16(18)21)13-4-2-1-3-5-13/h1-11H,(H3,18,20,21)/b11-8+,19-15-. The zero-order valence-electron chi connectivity index (χ0n) is 11.2. The number of hydrogen-bond acceptors (Lipinski definition) is 2. The molecule has 0 aromatic heterocycles. The van der Waals surface area contributed by atoms with Crippen LogP contribution < -0.4 is 11.2 Å². The van der Waals surface area contributed by atoms with Crippen molar-refractivity contribution in [1.29, 1.82) is 0 Å². The topological polar surface area (TPSA) is 50.4 Å². The van der Waals surface area contributed by atoms with E-state index >= 15 is 0 Å². The van der Waals surface area contributed by atoms with Crippen molar-refractivity contribution in [2.24, 2.45) is 10.8 Å². The summed E-state index contributed by atoms with van der Waals surface area (Å²) in [5, 5.41) is 5.05. The number of rotatable bonds is 4. The highest BCUT2D eigenvalue weighted by Crippen LogP contribution is 2.11. The van der Waals surface area contributed by atoms with Crippen LogP contribution >= 0.6 is 23.8 Å². The van der Waals surface area contributed by atoms with Crippen molar-refractivity contribution in [3.05, 3.63) is 76.8 Å².